The number of anilines is 1. The van der Waals surface area contributed by atoms with Crippen LogP contribution in [0.2, 0.25) is 5.02 Å². The molecule has 2 aromatic rings. The average Bonchev–Trinajstić information content (AvgIpc) is 3.21. The second-order valence-electron chi connectivity index (χ2n) is 7.73. The standard InChI is InChI=1S/C13H18ClN3O.C10H11N.3CH4.Y/c1-9(2)17-7-3-4-11(17)13(18)16-12-6-5-10(14)8-15-12;1-8(2)10-5-3-4-9(6-10)7-11;;;;/h5-6,8-9,11H,3-4,7H2,1-2H3,(H,15,16,18);3-6,8H,1-2H3;3*1H4;. The molecule has 33 heavy (non-hydrogen) atoms. The molecular weight excluding hydrogens is 509 g/mol. The monoisotopic (exact) mass is 549 g/mol. The molecule has 2 heterocycles. The van der Waals surface area contributed by atoms with Crippen molar-refractivity contribution in [3.05, 3.63) is 58.7 Å². The average molecular weight is 550 g/mol. The summed E-state index contributed by atoms with van der Waals surface area (Å²) < 4.78 is 0. The maximum atomic E-state index is 12.2. The zero-order valence-corrected chi connectivity index (χ0v) is 21.7. The van der Waals surface area contributed by atoms with E-state index in [1.165, 1.54) is 11.8 Å². The molecule has 1 aromatic heterocycles. The second-order valence-corrected chi connectivity index (χ2v) is 8.17. The fourth-order valence-electron chi connectivity index (χ4n) is 3.32. The van der Waals surface area contributed by atoms with Crippen LogP contribution in [0.5, 0.6) is 0 Å². The van der Waals surface area contributed by atoms with Gasteiger partial charge >= 0.3 is 0 Å². The summed E-state index contributed by atoms with van der Waals surface area (Å²) in [6.07, 6.45) is 3.52. The Bertz CT molecular complexity index is 850. The minimum absolute atomic E-state index is 0. The van der Waals surface area contributed by atoms with Gasteiger partial charge < -0.3 is 5.32 Å². The van der Waals surface area contributed by atoms with Crippen LogP contribution < -0.4 is 5.32 Å². The summed E-state index contributed by atoms with van der Waals surface area (Å²) in [4.78, 5) is 18.5. The molecule has 0 bridgehead atoms. The van der Waals surface area contributed by atoms with E-state index in [0.29, 0.717) is 22.8 Å². The molecule has 0 saturated carbocycles. The Hall–Kier alpha value is -1.32. The SMILES string of the molecule is C.C.C.CC(C)N1CCCC1C(=O)Nc1ccc(Cl)cn1.CC(C)c1cccc(C#N)c1.[Y]. The topological polar surface area (TPSA) is 69.0 Å². The molecule has 181 valence electrons. The van der Waals surface area contributed by atoms with Crippen molar-refractivity contribution in [1.82, 2.24) is 9.88 Å². The Morgan fingerprint density at radius 3 is 2.36 bits per heavy atom. The number of hydrogen-bond acceptors (Lipinski definition) is 4. The van der Waals surface area contributed by atoms with Crippen LogP contribution >= 0.6 is 11.6 Å². The Balaban J connectivity index is -0.000000530. The van der Waals surface area contributed by atoms with Crippen molar-refractivity contribution < 1.29 is 37.5 Å². The van der Waals surface area contributed by atoms with E-state index in [1.807, 2.05) is 24.3 Å². The van der Waals surface area contributed by atoms with Gasteiger partial charge in [0, 0.05) is 44.9 Å². The van der Waals surface area contributed by atoms with E-state index in [-0.39, 0.29) is 66.9 Å². The molecule has 5 nitrogen and oxygen atoms in total. The van der Waals surface area contributed by atoms with Crippen molar-refractivity contribution in [1.29, 1.82) is 5.26 Å². The van der Waals surface area contributed by atoms with Crippen LogP contribution in [0.4, 0.5) is 5.82 Å². The molecule has 1 fully saturated rings. The maximum absolute atomic E-state index is 12.2. The van der Waals surface area contributed by atoms with Gasteiger partial charge in [0.15, 0.2) is 0 Å². The van der Waals surface area contributed by atoms with Gasteiger partial charge in [0.1, 0.15) is 5.82 Å². The summed E-state index contributed by atoms with van der Waals surface area (Å²) >= 11 is 5.76. The Kier molecular flexibility index (Phi) is 19.9. The third-order valence-corrected chi connectivity index (χ3v) is 5.14. The number of likely N-dealkylation sites (tertiary alicyclic amines) is 1. The smallest absolute Gasteiger partial charge is 0.242 e. The van der Waals surface area contributed by atoms with Gasteiger partial charge in [-0.3, -0.25) is 9.69 Å². The molecule has 7 heteroatoms. The number of hydrogen-bond donors (Lipinski definition) is 1. The number of pyridine rings is 1. The fraction of sp³-hybridized carbons (Fsp3) is 0.500. The van der Waals surface area contributed by atoms with Gasteiger partial charge in [-0.25, -0.2) is 4.98 Å². The number of rotatable bonds is 4. The number of carbonyl (C=O) groups is 1. The minimum atomic E-state index is -0.0394. The number of nitrogens with zero attached hydrogens (tertiary/aromatic N) is 3. The van der Waals surface area contributed by atoms with Crippen molar-refractivity contribution in [2.75, 3.05) is 11.9 Å². The maximum Gasteiger partial charge on any atom is 0.242 e. The van der Waals surface area contributed by atoms with E-state index in [9.17, 15) is 4.79 Å². The normalized spacial score (nSPS) is 14.3. The molecule has 1 aliphatic rings. The van der Waals surface area contributed by atoms with E-state index >= 15 is 0 Å². The van der Waals surface area contributed by atoms with Gasteiger partial charge in [-0.15, -0.1) is 0 Å². The number of carbonyl (C=O) groups excluding carboxylic acids is 1. The van der Waals surface area contributed by atoms with Gasteiger partial charge in [0.05, 0.1) is 22.7 Å². The van der Waals surface area contributed by atoms with E-state index in [4.69, 9.17) is 16.9 Å². The van der Waals surface area contributed by atoms with Crippen molar-refractivity contribution in [2.24, 2.45) is 0 Å². The Morgan fingerprint density at radius 2 is 1.85 bits per heavy atom. The molecule has 1 saturated heterocycles. The van der Waals surface area contributed by atoms with Crippen LogP contribution in [-0.2, 0) is 37.5 Å². The van der Waals surface area contributed by atoms with Crippen LogP contribution in [0.3, 0.4) is 0 Å². The summed E-state index contributed by atoms with van der Waals surface area (Å²) in [7, 11) is 0. The van der Waals surface area contributed by atoms with E-state index in [1.54, 1.807) is 12.1 Å². The van der Waals surface area contributed by atoms with E-state index in [2.05, 4.69) is 49.0 Å². The van der Waals surface area contributed by atoms with Gasteiger partial charge in [-0.2, -0.15) is 5.26 Å². The molecule has 0 spiro atoms. The number of nitrogens with one attached hydrogen (secondary N) is 1. The van der Waals surface area contributed by atoms with Gasteiger partial charge in [0.2, 0.25) is 5.91 Å². The first-order chi connectivity index (χ1) is 13.8. The van der Waals surface area contributed by atoms with Crippen LogP contribution in [0.1, 0.15) is 79.9 Å². The van der Waals surface area contributed by atoms with Crippen LogP contribution in [0.15, 0.2) is 42.6 Å². The predicted molar refractivity (Wildman–Crippen MR) is 138 cm³/mol. The molecule has 1 N–H and O–H groups in total. The zero-order chi connectivity index (χ0) is 21.4. The molecule has 1 aromatic carbocycles. The Morgan fingerprint density at radius 1 is 1.18 bits per heavy atom. The van der Waals surface area contributed by atoms with Crippen molar-refractivity contribution in [2.45, 2.75) is 80.8 Å². The minimum Gasteiger partial charge on any atom is -0.309 e. The molecule has 1 amide bonds. The van der Waals surface area contributed by atoms with Crippen molar-refractivity contribution in [3.63, 3.8) is 0 Å². The van der Waals surface area contributed by atoms with Crippen LogP contribution in [-0.4, -0.2) is 34.4 Å². The Labute approximate surface area is 232 Å². The van der Waals surface area contributed by atoms with Crippen molar-refractivity contribution >= 4 is 23.3 Å². The van der Waals surface area contributed by atoms with Crippen molar-refractivity contribution in [3.8, 4) is 6.07 Å². The predicted octanol–water partition coefficient (Wildman–Crippen LogP) is 7.13. The second kappa shape index (κ2) is 18.1. The van der Waals surface area contributed by atoms with Gasteiger partial charge in [-0.05, 0) is 69.0 Å². The summed E-state index contributed by atoms with van der Waals surface area (Å²) in [5.41, 5.74) is 1.97. The first kappa shape index (κ1) is 36.3. The molecule has 1 unspecified atom stereocenters. The molecule has 0 aliphatic carbocycles. The number of amides is 1. The quantitative estimate of drug-likeness (QED) is 0.440. The molecule has 1 atom stereocenters. The number of aromatic nitrogens is 1. The summed E-state index contributed by atoms with van der Waals surface area (Å²) in [5.74, 6) is 1.08. The number of nitriles is 1. The first-order valence-corrected chi connectivity index (χ1v) is 10.4. The summed E-state index contributed by atoms with van der Waals surface area (Å²) in [6.45, 7) is 9.47. The number of benzene rings is 1. The molecule has 1 radical (unpaired) electrons. The van der Waals surface area contributed by atoms with Crippen LogP contribution in [0.25, 0.3) is 0 Å². The van der Waals surface area contributed by atoms with Gasteiger partial charge in [-0.1, -0.05) is 59.9 Å². The van der Waals surface area contributed by atoms with E-state index < -0.39 is 0 Å². The van der Waals surface area contributed by atoms with Gasteiger partial charge in [0.25, 0.3) is 0 Å². The summed E-state index contributed by atoms with van der Waals surface area (Å²) in [6, 6.07) is 13.6. The third kappa shape index (κ3) is 11.6. The third-order valence-electron chi connectivity index (χ3n) is 4.92. The largest absolute Gasteiger partial charge is 0.309 e. The zero-order valence-electron chi connectivity index (χ0n) is 18.1. The number of halogens is 1. The van der Waals surface area contributed by atoms with E-state index in [0.717, 1.165) is 24.9 Å². The molecular formula is C26H41ClN4OY. The summed E-state index contributed by atoms with van der Waals surface area (Å²) in [5, 5.41) is 12.0. The molecule has 3 rings (SSSR count). The molecule has 1 aliphatic heterocycles. The fourth-order valence-corrected chi connectivity index (χ4v) is 3.43. The first-order valence-electron chi connectivity index (χ1n) is 10.00. The van der Waals surface area contributed by atoms with Crippen LogP contribution in [0, 0.1) is 11.3 Å².